The zero-order chi connectivity index (χ0) is 21.4. The number of amides is 1. The molecule has 6 nitrogen and oxygen atoms in total. The first kappa shape index (κ1) is 21.0. The van der Waals surface area contributed by atoms with Crippen LogP contribution in [0.4, 0.5) is 10.1 Å². The molecule has 2 aromatic rings. The van der Waals surface area contributed by atoms with Crippen molar-refractivity contribution in [2.75, 3.05) is 38.5 Å². The Balaban J connectivity index is 1.49. The van der Waals surface area contributed by atoms with Crippen LogP contribution in [0.15, 0.2) is 53.4 Å². The number of carbonyl (C=O) groups excluding carboxylic acids is 1. The van der Waals surface area contributed by atoms with E-state index in [-0.39, 0.29) is 16.6 Å². The summed E-state index contributed by atoms with van der Waals surface area (Å²) >= 11 is 0. The second-order valence-corrected chi connectivity index (χ2v) is 10.1. The number of nitrogens with one attached hydrogen (secondary N) is 1. The normalized spacial score (nSPS) is 19.8. The maximum absolute atomic E-state index is 13.7. The van der Waals surface area contributed by atoms with Gasteiger partial charge in [0.1, 0.15) is 5.82 Å². The van der Waals surface area contributed by atoms with Gasteiger partial charge in [0.25, 0.3) is 0 Å². The average molecular weight is 432 g/mol. The lowest BCUT2D eigenvalue weighted by Crippen LogP contribution is -2.47. The minimum absolute atomic E-state index is 0.186. The van der Waals surface area contributed by atoms with E-state index in [9.17, 15) is 17.6 Å². The third kappa shape index (κ3) is 3.87. The second kappa shape index (κ2) is 8.09. The van der Waals surface area contributed by atoms with Gasteiger partial charge in [0.15, 0.2) is 0 Å². The van der Waals surface area contributed by atoms with E-state index < -0.39 is 15.4 Å². The molecule has 0 aromatic heterocycles. The summed E-state index contributed by atoms with van der Waals surface area (Å²) in [6.07, 6.45) is 2.24. The number of sulfonamides is 1. The zero-order valence-corrected chi connectivity index (χ0v) is 17.8. The molecule has 1 aliphatic carbocycles. The minimum Gasteiger partial charge on any atom is -0.325 e. The Hall–Kier alpha value is -2.29. The van der Waals surface area contributed by atoms with Crippen molar-refractivity contribution in [3.05, 3.63) is 59.9 Å². The van der Waals surface area contributed by atoms with Gasteiger partial charge in [-0.15, -0.1) is 0 Å². The lowest BCUT2D eigenvalue weighted by atomic mass is 9.63. The molecular weight excluding hydrogens is 405 g/mol. The molecule has 2 aliphatic rings. The summed E-state index contributed by atoms with van der Waals surface area (Å²) in [5, 5.41) is 2.89. The fourth-order valence-electron chi connectivity index (χ4n) is 4.10. The van der Waals surface area contributed by atoms with Gasteiger partial charge in [0.2, 0.25) is 15.9 Å². The number of carbonyl (C=O) groups is 1. The molecule has 4 rings (SSSR count). The van der Waals surface area contributed by atoms with Crippen LogP contribution in [-0.4, -0.2) is 56.8 Å². The number of anilines is 1. The SMILES string of the molecule is CN1CCN(S(=O)(=O)c2ccc(NC(=O)C3(c4cccc(F)c4)CCC3)cc2)CC1. The smallest absolute Gasteiger partial charge is 0.243 e. The van der Waals surface area contributed by atoms with E-state index in [4.69, 9.17) is 0 Å². The molecule has 1 N–H and O–H groups in total. The molecule has 1 amide bonds. The number of hydrogen-bond acceptors (Lipinski definition) is 4. The van der Waals surface area contributed by atoms with Gasteiger partial charge in [-0.25, -0.2) is 12.8 Å². The molecule has 1 saturated heterocycles. The van der Waals surface area contributed by atoms with Gasteiger partial charge in [0.05, 0.1) is 10.3 Å². The van der Waals surface area contributed by atoms with Crippen molar-refractivity contribution in [2.45, 2.75) is 29.6 Å². The van der Waals surface area contributed by atoms with E-state index in [0.29, 0.717) is 50.3 Å². The Kier molecular flexibility index (Phi) is 5.65. The molecule has 1 saturated carbocycles. The maximum atomic E-state index is 13.7. The third-order valence-electron chi connectivity index (χ3n) is 6.23. The van der Waals surface area contributed by atoms with Gasteiger partial charge >= 0.3 is 0 Å². The third-order valence-corrected chi connectivity index (χ3v) is 8.14. The van der Waals surface area contributed by atoms with Crippen LogP contribution >= 0.6 is 0 Å². The van der Waals surface area contributed by atoms with Crippen LogP contribution in [-0.2, 0) is 20.2 Å². The lowest BCUT2D eigenvalue weighted by Gasteiger charge is -2.40. The highest BCUT2D eigenvalue weighted by molar-refractivity contribution is 7.89. The molecule has 2 aromatic carbocycles. The van der Waals surface area contributed by atoms with Crippen molar-refractivity contribution in [3.8, 4) is 0 Å². The predicted molar refractivity (Wildman–Crippen MR) is 113 cm³/mol. The topological polar surface area (TPSA) is 69.7 Å². The molecular formula is C22H26FN3O3S. The molecule has 160 valence electrons. The predicted octanol–water partition coefficient (Wildman–Crippen LogP) is 2.82. The van der Waals surface area contributed by atoms with Crippen molar-refractivity contribution in [3.63, 3.8) is 0 Å². The summed E-state index contributed by atoms with van der Waals surface area (Å²) in [6.45, 7) is 2.34. The largest absolute Gasteiger partial charge is 0.325 e. The van der Waals surface area contributed by atoms with Crippen LogP contribution in [0.1, 0.15) is 24.8 Å². The van der Waals surface area contributed by atoms with Gasteiger partial charge in [0, 0.05) is 31.9 Å². The highest BCUT2D eigenvalue weighted by Gasteiger charge is 2.45. The molecule has 0 bridgehead atoms. The van der Waals surface area contributed by atoms with Crippen LogP contribution in [0.3, 0.4) is 0 Å². The van der Waals surface area contributed by atoms with E-state index >= 15 is 0 Å². The number of nitrogens with zero attached hydrogens (tertiary/aromatic N) is 2. The first-order valence-corrected chi connectivity index (χ1v) is 11.6. The van der Waals surface area contributed by atoms with Gasteiger partial charge in [-0.3, -0.25) is 4.79 Å². The number of likely N-dealkylation sites (N-methyl/N-ethyl adjacent to an activating group) is 1. The Morgan fingerprint density at radius 1 is 1.03 bits per heavy atom. The quantitative estimate of drug-likeness (QED) is 0.791. The summed E-state index contributed by atoms with van der Waals surface area (Å²) < 4.78 is 40.9. The molecule has 0 atom stereocenters. The van der Waals surface area contributed by atoms with Gasteiger partial charge in [-0.1, -0.05) is 18.6 Å². The molecule has 1 aliphatic heterocycles. The molecule has 0 radical (unpaired) electrons. The highest BCUT2D eigenvalue weighted by atomic mass is 32.2. The Labute approximate surface area is 176 Å². The van der Waals surface area contributed by atoms with Crippen LogP contribution in [0.5, 0.6) is 0 Å². The Morgan fingerprint density at radius 3 is 2.27 bits per heavy atom. The summed E-state index contributed by atoms with van der Waals surface area (Å²) in [5.74, 6) is -0.543. The van der Waals surface area contributed by atoms with E-state index in [1.165, 1.54) is 28.6 Å². The van der Waals surface area contributed by atoms with Crippen molar-refractivity contribution in [1.29, 1.82) is 0 Å². The Morgan fingerprint density at radius 2 is 1.70 bits per heavy atom. The maximum Gasteiger partial charge on any atom is 0.243 e. The first-order valence-electron chi connectivity index (χ1n) is 10.2. The fourth-order valence-corrected chi connectivity index (χ4v) is 5.52. The zero-order valence-electron chi connectivity index (χ0n) is 17.0. The summed E-state index contributed by atoms with van der Waals surface area (Å²) in [4.78, 5) is 15.3. The van der Waals surface area contributed by atoms with Crippen molar-refractivity contribution >= 4 is 21.6 Å². The van der Waals surface area contributed by atoms with Crippen molar-refractivity contribution < 1.29 is 17.6 Å². The molecule has 8 heteroatoms. The number of benzene rings is 2. The number of rotatable bonds is 5. The fraction of sp³-hybridized carbons (Fsp3) is 0.409. The average Bonchev–Trinajstić information content (AvgIpc) is 2.68. The molecule has 0 spiro atoms. The van der Waals surface area contributed by atoms with E-state index in [1.54, 1.807) is 24.3 Å². The van der Waals surface area contributed by atoms with E-state index in [1.807, 2.05) is 7.05 Å². The molecule has 2 fully saturated rings. The summed E-state index contributed by atoms with van der Waals surface area (Å²) in [6, 6.07) is 12.5. The van der Waals surface area contributed by atoms with Crippen LogP contribution in [0.2, 0.25) is 0 Å². The molecule has 30 heavy (non-hydrogen) atoms. The monoisotopic (exact) mass is 431 g/mol. The number of hydrogen-bond donors (Lipinski definition) is 1. The van der Waals surface area contributed by atoms with Crippen LogP contribution < -0.4 is 5.32 Å². The first-order chi connectivity index (χ1) is 14.3. The van der Waals surface area contributed by atoms with Crippen LogP contribution in [0.25, 0.3) is 0 Å². The second-order valence-electron chi connectivity index (χ2n) is 8.13. The van der Waals surface area contributed by atoms with Crippen LogP contribution in [0, 0.1) is 5.82 Å². The number of piperazine rings is 1. The summed E-state index contributed by atoms with van der Waals surface area (Å²) in [5.41, 5.74) is 0.479. The number of halogens is 1. The Bertz CT molecular complexity index is 1030. The summed E-state index contributed by atoms with van der Waals surface area (Å²) in [7, 11) is -1.58. The van der Waals surface area contributed by atoms with Gasteiger partial charge in [-0.05, 0) is 61.9 Å². The standard InChI is InChI=1S/C22H26FN3O3S/c1-25-12-14-26(15-13-25)30(28,29)20-8-6-19(7-9-20)24-21(27)22(10-3-11-22)17-4-2-5-18(23)16-17/h2,4-9,16H,3,10-15H2,1H3,(H,24,27). The lowest BCUT2D eigenvalue weighted by molar-refractivity contribution is -0.124. The van der Waals surface area contributed by atoms with Crippen molar-refractivity contribution in [1.82, 2.24) is 9.21 Å². The molecule has 1 heterocycles. The van der Waals surface area contributed by atoms with Gasteiger partial charge < -0.3 is 10.2 Å². The highest BCUT2D eigenvalue weighted by Crippen LogP contribution is 2.44. The molecule has 0 unspecified atom stereocenters. The van der Waals surface area contributed by atoms with Crippen molar-refractivity contribution in [2.24, 2.45) is 0 Å². The minimum atomic E-state index is -3.55. The van der Waals surface area contributed by atoms with Gasteiger partial charge in [-0.2, -0.15) is 4.31 Å². The van der Waals surface area contributed by atoms with E-state index in [0.717, 1.165) is 6.42 Å². The van der Waals surface area contributed by atoms with E-state index in [2.05, 4.69) is 10.2 Å².